The van der Waals surface area contributed by atoms with E-state index in [9.17, 15) is 19.3 Å². The first-order chi connectivity index (χ1) is 12.0. The number of nitro benzene ring substituents is 1. The minimum absolute atomic E-state index is 0.0204. The Hall–Kier alpha value is -3.13. The number of aromatic nitrogens is 1. The van der Waals surface area contributed by atoms with Crippen molar-refractivity contribution in [1.82, 2.24) is 4.98 Å². The Bertz CT molecular complexity index is 908. The monoisotopic (exact) mass is 357 g/mol. The number of carbonyl (C=O) groups is 1. The van der Waals surface area contributed by atoms with Crippen molar-refractivity contribution < 1.29 is 14.1 Å². The Balaban J connectivity index is 1.63. The van der Waals surface area contributed by atoms with Crippen molar-refractivity contribution >= 4 is 28.1 Å². The average Bonchev–Trinajstić information content (AvgIpc) is 3.04. The number of carbonyl (C=O) groups excluding carboxylic acids is 1. The molecule has 0 unspecified atom stereocenters. The van der Waals surface area contributed by atoms with Gasteiger partial charge in [0, 0.05) is 23.1 Å². The summed E-state index contributed by atoms with van der Waals surface area (Å²) in [6.45, 7) is 0. The van der Waals surface area contributed by atoms with E-state index in [1.807, 2.05) is 0 Å². The third kappa shape index (κ3) is 4.24. The van der Waals surface area contributed by atoms with Gasteiger partial charge in [-0.3, -0.25) is 14.9 Å². The second-order valence-electron chi connectivity index (χ2n) is 5.19. The molecule has 0 bridgehead atoms. The van der Waals surface area contributed by atoms with Crippen molar-refractivity contribution in [3.63, 3.8) is 0 Å². The fraction of sp³-hybridized carbons (Fsp3) is 0.0588. The van der Waals surface area contributed by atoms with Gasteiger partial charge < -0.3 is 5.32 Å². The van der Waals surface area contributed by atoms with Crippen molar-refractivity contribution in [1.29, 1.82) is 0 Å². The molecule has 0 spiro atoms. The first kappa shape index (κ1) is 16.7. The standard InChI is InChI=1S/C17H12FN3O3S/c18-13-5-3-12(4-6-13)15-10-25-17(19-15)20-16(22)9-11-1-7-14(8-2-11)21(23)24/h1-8,10H,9H2,(H,19,20,22). The van der Waals surface area contributed by atoms with E-state index in [0.29, 0.717) is 16.4 Å². The molecule has 0 saturated heterocycles. The number of thiazole rings is 1. The lowest BCUT2D eigenvalue weighted by atomic mass is 10.1. The Morgan fingerprint density at radius 1 is 1.16 bits per heavy atom. The van der Waals surface area contributed by atoms with E-state index < -0.39 is 4.92 Å². The van der Waals surface area contributed by atoms with Crippen molar-refractivity contribution in [2.24, 2.45) is 0 Å². The molecule has 0 fully saturated rings. The quantitative estimate of drug-likeness (QED) is 0.552. The van der Waals surface area contributed by atoms with E-state index in [1.54, 1.807) is 29.6 Å². The number of non-ortho nitro benzene ring substituents is 1. The van der Waals surface area contributed by atoms with Crippen molar-refractivity contribution in [3.05, 3.63) is 75.4 Å². The maximum atomic E-state index is 12.9. The molecule has 8 heteroatoms. The molecular weight excluding hydrogens is 345 g/mol. The first-order valence-corrected chi connectivity index (χ1v) is 8.14. The molecule has 1 N–H and O–H groups in total. The number of nitro groups is 1. The van der Waals surface area contributed by atoms with Crippen LogP contribution in [0, 0.1) is 15.9 Å². The van der Waals surface area contributed by atoms with Crippen LogP contribution in [0.25, 0.3) is 11.3 Å². The fourth-order valence-electron chi connectivity index (χ4n) is 2.17. The number of nitrogens with one attached hydrogen (secondary N) is 1. The number of benzene rings is 2. The highest BCUT2D eigenvalue weighted by Gasteiger charge is 2.10. The number of nitrogens with zero attached hydrogens (tertiary/aromatic N) is 2. The van der Waals surface area contributed by atoms with Gasteiger partial charge in [0.25, 0.3) is 5.69 Å². The zero-order valence-corrected chi connectivity index (χ0v) is 13.6. The van der Waals surface area contributed by atoms with Gasteiger partial charge in [0.2, 0.25) is 5.91 Å². The molecule has 1 aromatic heterocycles. The molecular formula is C17H12FN3O3S. The third-order valence-electron chi connectivity index (χ3n) is 3.40. The van der Waals surface area contributed by atoms with Crippen molar-refractivity contribution in [3.8, 4) is 11.3 Å². The number of hydrogen-bond donors (Lipinski definition) is 1. The van der Waals surface area contributed by atoms with E-state index in [1.165, 1.54) is 35.6 Å². The zero-order valence-electron chi connectivity index (χ0n) is 12.8. The van der Waals surface area contributed by atoms with Gasteiger partial charge in [-0.15, -0.1) is 11.3 Å². The summed E-state index contributed by atoms with van der Waals surface area (Å²) in [6.07, 6.45) is 0.0868. The average molecular weight is 357 g/mol. The van der Waals surface area contributed by atoms with Gasteiger partial charge >= 0.3 is 0 Å². The fourth-order valence-corrected chi connectivity index (χ4v) is 2.90. The highest BCUT2D eigenvalue weighted by Crippen LogP contribution is 2.25. The number of hydrogen-bond acceptors (Lipinski definition) is 5. The molecule has 0 atom stereocenters. The highest BCUT2D eigenvalue weighted by atomic mass is 32.1. The smallest absolute Gasteiger partial charge is 0.269 e. The molecule has 25 heavy (non-hydrogen) atoms. The Morgan fingerprint density at radius 2 is 1.84 bits per heavy atom. The van der Waals surface area contributed by atoms with Crippen LogP contribution in [0.2, 0.25) is 0 Å². The predicted molar refractivity (Wildman–Crippen MR) is 92.9 cm³/mol. The molecule has 0 saturated carbocycles. The Morgan fingerprint density at radius 3 is 2.48 bits per heavy atom. The molecule has 0 aliphatic rings. The SMILES string of the molecule is O=C(Cc1ccc([N+](=O)[O-])cc1)Nc1nc(-c2ccc(F)cc2)cs1. The maximum Gasteiger partial charge on any atom is 0.269 e. The normalized spacial score (nSPS) is 10.4. The van der Waals surface area contributed by atoms with Crippen molar-refractivity contribution in [2.75, 3.05) is 5.32 Å². The molecule has 1 amide bonds. The molecule has 2 aromatic carbocycles. The molecule has 0 radical (unpaired) electrons. The van der Waals surface area contributed by atoms with Crippen LogP contribution in [-0.2, 0) is 11.2 Å². The number of amides is 1. The summed E-state index contributed by atoms with van der Waals surface area (Å²) in [5.74, 6) is -0.593. The maximum absolute atomic E-state index is 12.9. The van der Waals surface area contributed by atoms with Crippen LogP contribution in [-0.4, -0.2) is 15.8 Å². The Kier molecular flexibility index (Phi) is 4.80. The summed E-state index contributed by atoms with van der Waals surface area (Å²) in [6, 6.07) is 11.7. The molecule has 0 aliphatic heterocycles. The van der Waals surface area contributed by atoms with Gasteiger partial charge in [-0.2, -0.15) is 0 Å². The van der Waals surface area contributed by atoms with E-state index in [0.717, 1.165) is 5.56 Å². The summed E-state index contributed by atoms with van der Waals surface area (Å²) in [7, 11) is 0. The van der Waals surface area contributed by atoms with Gasteiger partial charge in [-0.1, -0.05) is 12.1 Å². The minimum Gasteiger partial charge on any atom is -0.302 e. The summed E-state index contributed by atoms with van der Waals surface area (Å²) in [5, 5.41) is 15.5. The number of rotatable bonds is 5. The van der Waals surface area contributed by atoms with E-state index in [4.69, 9.17) is 0 Å². The molecule has 3 rings (SSSR count). The second kappa shape index (κ2) is 7.18. The second-order valence-corrected chi connectivity index (χ2v) is 6.05. The van der Waals surface area contributed by atoms with Crippen LogP contribution >= 0.6 is 11.3 Å². The molecule has 6 nitrogen and oxygen atoms in total. The minimum atomic E-state index is -0.490. The van der Waals surface area contributed by atoms with Crippen LogP contribution in [0.4, 0.5) is 15.2 Å². The summed E-state index contributed by atoms with van der Waals surface area (Å²) < 4.78 is 12.9. The van der Waals surface area contributed by atoms with Crippen molar-refractivity contribution in [2.45, 2.75) is 6.42 Å². The van der Waals surface area contributed by atoms with Crippen LogP contribution in [0.1, 0.15) is 5.56 Å². The predicted octanol–water partition coefficient (Wildman–Crippen LogP) is 4.04. The lowest BCUT2D eigenvalue weighted by Gasteiger charge is -2.02. The lowest BCUT2D eigenvalue weighted by Crippen LogP contribution is -2.14. The van der Waals surface area contributed by atoms with Crippen LogP contribution < -0.4 is 5.32 Å². The Labute approximate surface area is 146 Å². The van der Waals surface area contributed by atoms with Gasteiger partial charge in [-0.05, 0) is 29.8 Å². The van der Waals surface area contributed by atoms with E-state index in [-0.39, 0.29) is 23.8 Å². The largest absolute Gasteiger partial charge is 0.302 e. The van der Waals surface area contributed by atoms with Crippen LogP contribution in [0.5, 0.6) is 0 Å². The summed E-state index contributed by atoms with van der Waals surface area (Å²) in [4.78, 5) is 26.5. The first-order valence-electron chi connectivity index (χ1n) is 7.26. The third-order valence-corrected chi connectivity index (χ3v) is 4.16. The number of anilines is 1. The summed E-state index contributed by atoms with van der Waals surface area (Å²) >= 11 is 1.27. The zero-order chi connectivity index (χ0) is 17.8. The topological polar surface area (TPSA) is 85.1 Å². The van der Waals surface area contributed by atoms with E-state index >= 15 is 0 Å². The van der Waals surface area contributed by atoms with Gasteiger partial charge in [-0.25, -0.2) is 9.37 Å². The molecule has 0 aliphatic carbocycles. The molecule has 3 aromatic rings. The highest BCUT2D eigenvalue weighted by molar-refractivity contribution is 7.14. The van der Waals surface area contributed by atoms with Gasteiger partial charge in [0.1, 0.15) is 5.82 Å². The van der Waals surface area contributed by atoms with Gasteiger partial charge in [0.05, 0.1) is 17.0 Å². The lowest BCUT2D eigenvalue weighted by molar-refractivity contribution is -0.384. The van der Waals surface area contributed by atoms with E-state index in [2.05, 4.69) is 10.3 Å². The van der Waals surface area contributed by atoms with Crippen LogP contribution in [0.15, 0.2) is 53.9 Å². The van der Waals surface area contributed by atoms with Crippen LogP contribution in [0.3, 0.4) is 0 Å². The molecule has 126 valence electrons. The molecule has 1 heterocycles. The number of halogens is 1. The summed E-state index contributed by atoms with van der Waals surface area (Å²) in [5.41, 5.74) is 2.05. The van der Waals surface area contributed by atoms with Gasteiger partial charge in [0.15, 0.2) is 5.13 Å².